The predicted octanol–water partition coefficient (Wildman–Crippen LogP) is 2.09. The van der Waals surface area contributed by atoms with Crippen molar-refractivity contribution in [1.82, 2.24) is 4.90 Å². The Morgan fingerprint density at radius 3 is 2.77 bits per heavy atom. The van der Waals surface area contributed by atoms with Crippen LogP contribution in [0.15, 0.2) is 0 Å². The standard InChI is InChI=1S/C11H21NO/c1-4-6-12-7-5-10(13)8-11(12)9(2)3/h9,11H,4-8H2,1-3H3. The van der Waals surface area contributed by atoms with Crippen molar-refractivity contribution in [3.63, 3.8) is 0 Å². The molecule has 13 heavy (non-hydrogen) atoms. The van der Waals surface area contributed by atoms with Crippen LogP contribution in [0.3, 0.4) is 0 Å². The summed E-state index contributed by atoms with van der Waals surface area (Å²) in [5.74, 6) is 1.06. The summed E-state index contributed by atoms with van der Waals surface area (Å²) in [5.41, 5.74) is 0. The summed E-state index contributed by atoms with van der Waals surface area (Å²) in [5, 5.41) is 0. The molecule has 0 spiro atoms. The number of rotatable bonds is 3. The van der Waals surface area contributed by atoms with Gasteiger partial charge in [-0.3, -0.25) is 9.69 Å². The molecule has 1 rings (SSSR count). The van der Waals surface area contributed by atoms with Crippen molar-refractivity contribution < 1.29 is 4.79 Å². The summed E-state index contributed by atoms with van der Waals surface area (Å²) in [7, 11) is 0. The van der Waals surface area contributed by atoms with Crippen LogP contribution in [0.2, 0.25) is 0 Å². The van der Waals surface area contributed by atoms with Crippen LogP contribution < -0.4 is 0 Å². The molecule has 0 radical (unpaired) electrons. The van der Waals surface area contributed by atoms with Gasteiger partial charge < -0.3 is 0 Å². The molecule has 0 aromatic heterocycles. The molecule has 2 heteroatoms. The SMILES string of the molecule is CCCN1CCC(=O)CC1C(C)C. The maximum atomic E-state index is 11.3. The molecule has 0 aliphatic carbocycles. The smallest absolute Gasteiger partial charge is 0.135 e. The molecule has 0 amide bonds. The number of nitrogens with zero attached hydrogens (tertiary/aromatic N) is 1. The van der Waals surface area contributed by atoms with E-state index in [0.717, 1.165) is 25.9 Å². The molecule has 0 saturated carbocycles. The summed E-state index contributed by atoms with van der Waals surface area (Å²) in [6.07, 6.45) is 2.73. The van der Waals surface area contributed by atoms with Gasteiger partial charge in [-0.05, 0) is 18.9 Å². The quantitative estimate of drug-likeness (QED) is 0.667. The Labute approximate surface area is 81.3 Å². The first-order valence-electron chi connectivity index (χ1n) is 5.41. The minimum atomic E-state index is 0.450. The number of Topliss-reactive ketones (excluding diaryl/α,β-unsaturated/α-hetero) is 1. The van der Waals surface area contributed by atoms with E-state index in [0.29, 0.717) is 17.7 Å². The second kappa shape index (κ2) is 4.75. The Balaban J connectivity index is 2.55. The number of hydrogen-bond donors (Lipinski definition) is 0. The Bertz CT molecular complexity index is 177. The van der Waals surface area contributed by atoms with Crippen LogP contribution in [0.1, 0.15) is 40.0 Å². The predicted molar refractivity (Wildman–Crippen MR) is 54.7 cm³/mol. The van der Waals surface area contributed by atoms with Crippen molar-refractivity contribution in [3.05, 3.63) is 0 Å². The molecule has 1 aliphatic heterocycles. The zero-order chi connectivity index (χ0) is 9.84. The zero-order valence-electron chi connectivity index (χ0n) is 9.05. The lowest BCUT2D eigenvalue weighted by molar-refractivity contribution is -0.123. The number of piperidine rings is 1. The summed E-state index contributed by atoms with van der Waals surface area (Å²) < 4.78 is 0. The zero-order valence-corrected chi connectivity index (χ0v) is 9.05. The third-order valence-corrected chi connectivity index (χ3v) is 2.86. The summed E-state index contributed by atoms with van der Waals surface area (Å²) >= 11 is 0. The van der Waals surface area contributed by atoms with Crippen LogP contribution in [0.25, 0.3) is 0 Å². The maximum Gasteiger partial charge on any atom is 0.135 e. The Morgan fingerprint density at radius 1 is 1.54 bits per heavy atom. The number of hydrogen-bond acceptors (Lipinski definition) is 2. The fourth-order valence-electron chi connectivity index (χ4n) is 2.12. The van der Waals surface area contributed by atoms with Crippen LogP contribution in [0.5, 0.6) is 0 Å². The van der Waals surface area contributed by atoms with Crippen molar-refractivity contribution in [2.75, 3.05) is 13.1 Å². The second-order valence-corrected chi connectivity index (χ2v) is 4.34. The van der Waals surface area contributed by atoms with E-state index >= 15 is 0 Å². The molecule has 0 N–H and O–H groups in total. The van der Waals surface area contributed by atoms with Crippen molar-refractivity contribution in [2.45, 2.75) is 46.1 Å². The van der Waals surface area contributed by atoms with Gasteiger partial charge in [-0.25, -0.2) is 0 Å². The molecule has 1 saturated heterocycles. The van der Waals surface area contributed by atoms with Crippen LogP contribution in [-0.2, 0) is 4.79 Å². The molecule has 0 aromatic carbocycles. The van der Waals surface area contributed by atoms with Crippen molar-refractivity contribution in [2.24, 2.45) is 5.92 Å². The maximum absolute atomic E-state index is 11.3. The van der Waals surface area contributed by atoms with Crippen molar-refractivity contribution in [3.8, 4) is 0 Å². The van der Waals surface area contributed by atoms with Crippen LogP contribution in [0, 0.1) is 5.92 Å². The third-order valence-electron chi connectivity index (χ3n) is 2.86. The minimum absolute atomic E-state index is 0.450. The minimum Gasteiger partial charge on any atom is -0.300 e. The monoisotopic (exact) mass is 183 g/mol. The molecule has 1 aliphatic rings. The Kier molecular flexibility index (Phi) is 3.91. The normalized spacial score (nSPS) is 25.5. The van der Waals surface area contributed by atoms with E-state index in [1.165, 1.54) is 6.42 Å². The van der Waals surface area contributed by atoms with Gasteiger partial charge in [-0.15, -0.1) is 0 Å². The van der Waals surface area contributed by atoms with Gasteiger partial charge in [0, 0.05) is 25.4 Å². The molecule has 1 atom stereocenters. The van der Waals surface area contributed by atoms with Gasteiger partial charge in [0.15, 0.2) is 0 Å². The topological polar surface area (TPSA) is 20.3 Å². The first kappa shape index (κ1) is 10.7. The van der Waals surface area contributed by atoms with Crippen LogP contribution >= 0.6 is 0 Å². The molecule has 76 valence electrons. The van der Waals surface area contributed by atoms with Gasteiger partial charge in [0.05, 0.1) is 0 Å². The summed E-state index contributed by atoms with van der Waals surface area (Å²) in [6, 6.07) is 0.501. The molecular formula is C11H21NO. The molecule has 1 heterocycles. The van der Waals surface area contributed by atoms with Crippen LogP contribution in [0.4, 0.5) is 0 Å². The largest absolute Gasteiger partial charge is 0.300 e. The van der Waals surface area contributed by atoms with Gasteiger partial charge >= 0.3 is 0 Å². The molecular weight excluding hydrogens is 162 g/mol. The third kappa shape index (κ3) is 2.80. The lowest BCUT2D eigenvalue weighted by Gasteiger charge is -2.37. The molecule has 1 fully saturated rings. The first-order valence-corrected chi connectivity index (χ1v) is 5.41. The lowest BCUT2D eigenvalue weighted by atomic mass is 9.92. The highest BCUT2D eigenvalue weighted by molar-refractivity contribution is 5.80. The van der Waals surface area contributed by atoms with Crippen LogP contribution in [-0.4, -0.2) is 29.8 Å². The van der Waals surface area contributed by atoms with Gasteiger partial charge in [-0.1, -0.05) is 20.8 Å². The van der Waals surface area contributed by atoms with Gasteiger partial charge in [-0.2, -0.15) is 0 Å². The Hall–Kier alpha value is -0.370. The van der Waals surface area contributed by atoms with E-state index in [1.807, 2.05) is 0 Å². The molecule has 0 bridgehead atoms. The van der Waals surface area contributed by atoms with Gasteiger partial charge in [0.1, 0.15) is 5.78 Å². The van der Waals surface area contributed by atoms with E-state index in [9.17, 15) is 4.79 Å². The van der Waals surface area contributed by atoms with E-state index in [1.54, 1.807) is 0 Å². The van der Waals surface area contributed by atoms with E-state index in [-0.39, 0.29) is 0 Å². The first-order chi connectivity index (χ1) is 6.15. The summed E-state index contributed by atoms with van der Waals surface area (Å²) in [4.78, 5) is 13.8. The molecule has 1 unspecified atom stereocenters. The fourth-order valence-corrected chi connectivity index (χ4v) is 2.12. The van der Waals surface area contributed by atoms with E-state index < -0.39 is 0 Å². The average molecular weight is 183 g/mol. The molecule has 0 aromatic rings. The fraction of sp³-hybridized carbons (Fsp3) is 0.909. The molecule has 2 nitrogen and oxygen atoms in total. The average Bonchev–Trinajstić information content (AvgIpc) is 2.08. The Morgan fingerprint density at radius 2 is 2.23 bits per heavy atom. The summed E-state index contributed by atoms with van der Waals surface area (Å²) in [6.45, 7) is 8.76. The number of likely N-dealkylation sites (tertiary alicyclic amines) is 1. The van der Waals surface area contributed by atoms with Gasteiger partial charge in [0.25, 0.3) is 0 Å². The van der Waals surface area contributed by atoms with E-state index in [2.05, 4.69) is 25.7 Å². The number of carbonyl (C=O) groups excluding carboxylic acids is 1. The highest BCUT2D eigenvalue weighted by Crippen LogP contribution is 2.20. The van der Waals surface area contributed by atoms with Gasteiger partial charge in [0.2, 0.25) is 0 Å². The number of ketones is 1. The number of carbonyl (C=O) groups is 1. The van der Waals surface area contributed by atoms with Crippen molar-refractivity contribution in [1.29, 1.82) is 0 Å². The highest BCUT2D eigenvalue weighted by atomic mass is 16.1. The second-order valence-electron chi connectivity index (χ2n) is 4.34. The van der Waals surface area contributed by atoms with Crippen molar-refractivity contribution >= 4 is 5.78 Å². The lowest BCUT2D eigenvalue weighted by Crippen LogP contribution is -2.45. The van der Waals surface area contributed by atoms with E-state index in [4.69, 9.17) is 0 Å². The highest BCUT2D eigenvalue weighted by Gasteiger charge is 2.28.